The highest BCUT2D eigenvalue weighted by molar-refractivity contribution is 7.94. The molecule has 0 aliphatic carbocycles. The van der Waals surface area contributed by atoms with E-state index in [0.29, 0.717) is 5.56 Å². The van der Waals surface area contributed by atoms with E-state index in [1.54, 1.807) is 6.92 Å². The van der Waals surface area contributed by atoms with E-state index in [2.05, 4.69) is 4.72 Å². The van der Waals surface area contributed by atoms with Crippen molar-refractivity contribution in [2.24, 2.45) is 0 Å². The number of sulfonamides is 1. The van der Waals surface area contributed by atoms with E-state index in [1.807, 2.05) is 0 Å². The number of nitrogen functional groups attached to an aromatic ring is 1. The maximum atomic E-state index is 12.2. The molecule has 0 saturated heterocycles. The molecule has 0 spiro atoms. The Labute approximate surface area is 122 Å². The average molecular weight is 337 g/mol. The zero-order valence-corrected chi connectivity index (χ0v) is 12.9. The van der Waals surface area contributed by atoms with Gasteiger partial charge in [-0.1, -0.05) is 17.7 Å². The number of nitrogens with one attached hydrogen (secondary N) is 1. The first-order chi connectivity index (χ1) is 9.11. The summed E-state index contributed by atoms with van der Waals surface area (Å²) in [5.41, 5.74) is 6.53. The molecule has 0 aromatic heterocycles. The zero-order valence-electron chi connectivity index (χ0n) is 10.5. The van der Waals surface area contributed by atoms with Crippen LogP contribution in [0.25, 0.3) is 0 Å². The molecule has 0 saturated carbocycles. The van der Waals surface area contributed by atoms with Gasteiger partial charge in [-0.25, -0.2) is 21.6 Å². The van der Waals surface area contributed by atoms with Gasteiger partial charge in [-0.05, 0) is 24.6 Å². The molecular weight excluding hydrogens is 324 g/mol. The van der Waals surface area contributed by atoms with Gasteiger partial charge in [0.1, 0.15) is 0 Å². The molecule has 110 valence electrons. The van der Waals surface area contributed by atoms with Gasteiger partial charge < -0.3 is 5.73 Å². The lowest BCUT2D eigenvalue weighted by Gasteiger charge is -2.12. The lowest BCUT2D eigenvalue weighted by atomic mass is 10.2. The van der Waals surface area contributed by atoms with Crippen molar-refractivity contribution in [1.82, 2.24) is 4.72 Å². The predicted octanol–water partition coefficient (Wildman–Crippen LogP) is 0.820. The molecule has 6 nitrogen and oxygen atoms in total. The SMILES string of the molecule is Cc1c(N)cc(S(=O)(=O)NC2C=CS(=O)(=O)C2)cc1Cl. The Kier molecular flexibility index (Phi) is 3.85. The first-order valence-corrected chi connectivity index (χ1v) is 9.17. The Morgan fingerprint density at radius 1 is 1.40 bits per heavy atom. The summed E-state index contributed by atoms with van der Waals surface area (Å²) in [6.07, 6.45) is 1.30. The van der Waals surface area contributed by atoms with Crippen molar-refractivity contribution in [2.45, 2.75) is 17.9 Å². The van der Waals surface area contributed by atoms with E-state index in [1.165, 1.54) is 18.2 Å². The summed E-state index contributed by atoms with van der Waals surface area (Å²) < 4.78 is 49.1. The normalized spacial score (nSPS) is 21.2. The van der Waals surface area contributed by atoms with Crippen molar-refractivity contribution in [3.05, 3.63) is 34.2 Å². The van der Waals surface area contributed by atoms with E-state index in [9.17, 15) is 16.8 Å². The molecule has 1 aliphatic rings. The largest absolute Gasteiger partial charge is 0.398 e. The predicted molar refractivity (Wildman–Crippen MR) is 77.6 cm³/mol. The summed E-state index contributed by atoms with van der Waals surface area (Å²) in [5, 5.41) is 1.23. The molecule has 9 heteroatoms. The third-order valence-electron chi connectivity index (χ3n) is 2.90. The van der Waals surface area contributed by atoms with Crippen LogP contribution in [0.5, 0.6) is 0 Å². The van der Waals surface area contributed by atoms with E-state index >= 15 is 0 Å². The first-order valence-electron chi connectivity index (χ1n) is 5.60. The fourth-order valence-corrected chi connectivity index (χ4v) is 4.63. The van der Waals surface area contributed by atoms with Crippen molar-refractivity contribution in [3.63, 3.8) is 0 Å². The Bertz CT molecular complexity index is 762. The van der Waals surface area contributed by atoms with E-state index in [4.69, 9.17) is 17.3 Å². The van der Waals surface area contributed by atoms with Crippen molar-refractivity contribution in [1.29, 1.82) is 0 Å². The minimum atomic E-state index is -3.89. The van der Waals surface area contributed by atoms with Gasteiger partial charge in [0.2, 0.25) is 10.0 Å². The van der Waals surface area contributed by atoms with Gasteiger partial charge in [-0.2, -0.15) is 0 Å². The van der Waals surface area contributed by atoms with Crippen LogP contribution in [-0.2, 0) is 19.9 Å². The van der Waals surface area contributed by atoms with Gasteiger partial charge in [-0.3, -0.25) is 0 Å². The van der Waals surface area contributed by atoms with E-state index < -0.39 is 25.9 Å². The molecule has 1 heterocycles. The summed E-state index contributed by atoms with van der Waals surface area (Å²) in [4.78, 5) is -0.0942. The number of rotatable bonds is 3. The van der Waals surface area contributed by atoms with Crippen molar-refractivity contribution >= 4 is 37.1 Å². The lowest BCUT2D eigenvalue weighted by Crippen LogP contribution is -2.35. The molecule has 2 rings (SSSR count). The number of halogens is 1. The number of anilines is 1. The molecular formula is C11H13ClN2O4S2. The van der Waals surface area contributed by atoms with Crippen LogP contribution in [-0.4, -0.2) is 28.6 Å². The van der Waals surface area contributed by atoms with Gasteiger partial charge in [-0.15, -0.1) is 0 Å². The van der Waals surface area contributed by atoms with Crippen LogP contribution < -0.4 is 10.5 Å². The van der Waals surface area contributed by atoms with E-state index in [-0.39, 0.29) is 21.4 Å². The second-order valence-corrected chi connectivity index (χ2v) is 8.56. The molecule has 1 unspecified atom stereocenters. The van der Waals surface area contributed by atoms with Gasteiger partial charge in [0.15, 0.2) is 9.84 Å². The Hall–Kier alpha value is -1.09. The Morgan fingerprint density at radius 2 is 2.05 bits per heavy atom. The summed E-state index contributed by atoms with van der Waals surface area (Å²) in [5.74, 6) is -0.290. The smallest absolute Gasteiger partial charge is 0.241 e. The van der Waals surface area contributed by atoms with Crippen molar-refractivity contribution in [3.8, 4) is 0 Å². The van der Waals surface area contributed by atoms with Crippen molar-refractivity contribution < 1.29 is 16.8 Å². The lowest BCUT2D eigenvalue weighted by molar-refractivity contribution is 0.575. The minimum Gasteiger partial charge on any atom is -0.398 e. The van der Waals surface area contributed by atoms with Gasteiger partial charge in [0.25, 0.3) is 0 Å². The standard InChI is InChI=1S/C11H13ClN2O4S2/c1-7-10(12)4-9(5-11(7)13)20(17,18)14-8-2-3-19(15,16)6-8/h2-5,8,14H,6,13H2,1H3. The van der Waals surface area contributed by atoms with Gasteiger partial charge in [0, 0.05) is 16.1 Å². The number of hydrogen-bond acceptors (Lipinski definition) is 5. The second kappa shape index (κ2) is 5.03. The zero-order chi connectivity index (χ0) is 15.1. The highest BCUT2D eigenvalue weighted by Gasteiger charge is 2.27. The molecule has 0 fully saturated rings. The van der Waals surface area contributed by atoms with Gasteiger partial charge in [0.05, 0.1) is 16.7 Å². The van der Waals surface area contributed by atoms with E-state index in [0.717, 1.165) is 5.41 Å². The highest BCUT2D eigenvalue weighted by atomic mass is 35.5. The summed E-state index contributed by atoms with van der Waals surface area (Å²) >= 11 is 5.91. The van der Waals surface area contributed by atoms with Crippen LogP contribution in [0.15, 0.2) is 28.5 Å². The van der Waals surface area contributed by atoms with Crippen LogP contribution in [0.2, 0.25) is 5.02 Å². The number of nitrogens with two attached hydrogens (primary N) is 1. The average Bonchev–Trinajstić information content (AvgIpc) is 2.64. The van der Waals surface area contributed by atoms with Crippen LogP contribution in [0.1, 0.15) is 5.56 Å². The maximum Gasteiger partial charge on any atom is 0.241 e. The summed E-state index contributed by atoms with van der Waals surface area (Å²) in [6, 6.07) is 1.78. The molecule has 20 heavy (non-hydrogen) atoms. The van der Waals surface area contributed by atoms with Crippen LogP contribution >= 0.6 is 11.6 Å². The van der Waals surface area contributed by atoms with Crippen LogP contribution in [0, 0.1) is 6.92 Å². The number of sulfone groups is 1. The quantitative estimate of drug-likeness (QED) is 0.795. The number of benzene rings is 1. The molecule has 1 aliphatic heterocycles. The Morgan fingerprint density at radius 3 is 2.55 bits per heavy atom. The molecule has 0 amide bonds. The van der Waals surface area contributed by atoms with Gasteiger partial charge >= 0.3 is 0 Å². The fourth-order valence-electron chi connectivity index (χ4n) is 1.75. The first kappa shape index (κ1) is 15.3. The third kappa shape index (κ3) is 3.14. The fraction of sp³-hybridized carbons (Fsp3) is 0.273. The summed E-state index contributed by atoms with van der Waals surface area (Å²) in [6.45, 7) is 1.67. The molecule has 0 bridgehead atoms. The number of hydrogen-bond donors (Lipinski definition) is 2. The molecule has 0 radical (unpaired) electrons. The molecule has 3 N–H and O–H groups in total. The van der Waals surface area contributed by atoms with Crippen LogP contribution in [0.4, 0.5) is 5.69 Å². The minimum absolute atomic E-state index is 0.0942. The monoisotopic (exact) mass is 336 g/mol. The second-order valence-electron chi connectivity index (χ2n) is 4.51. The molecule has 1 aromatic rings. The van der Waals surface area contributed by atoms with Crippen molar-refractivity contribution in [2.75, 3.05) is 11.5 Å². The summed E-state index contributed by atoms with van der Waals surface area (Å²) in [7, 11) is -7.22. The topological polar surface area (TPSA) is 106 Å². The maximum absolute atomic E-state index is 12.2. The Balaban J connectivity index is 2.30. The van der Waals surface area contributed by atoms with Crippen LogP contribution in [0.3, 0.4) is 0 Å². The third-order valence-corrected chi connectivity index (χ3v) is 6.16. The highest BCUT2D eigenvalue weighted by Crippen LogP contribution is 2.26. The molecule has 1 aromatic carbocycles. The molecule has 1 atom stereocenters.